The summed E-state index contributed by atoms with van der Waals surface area (Å²) in [5, 5.41) is 17.3. The molecule has 0 aromatic heterocycles. The first-order valence-electron chi connectivity index (χ1n) is 5.82. The van der Waals surface area contributed by atoms with Gasteiger partial charge in [-0.25, -0.2) is 0 Å². The minimum absolute atomic E-state index is 0.0600. The lowest BCUT2D eigenvalue weighted by Crippen LogP contribution is -2.30. The lowest BCUT2D eigenvalue weighted by atomic mass is 9.83. The molecule has 4 nitrogen and oxygen atoms in total. The number of hydrogen-bond acceptors (Lipinski definition) is 4. The highest BCUT2D eigenvalue weighted by atomic mass is 16.4. The summed E-state index contributed by atoms with van der Waals surface area (Å²) in [6.45, 7) is 0. The van der Waals surface area contributed by atoms with Crippen LogP contribution in [0.2, 0.25) is 6.32 Å². The molecule has 1 aromatic carbocycles. The normalized spacial score (nSPS) is 12.2. The summed E-state index contributed by atoms with van der Waals surface area (Å²) < 4.78 is 0. The maximum absolute atomic E-state index is 11.8. The summed E-state index contributed by atoms with van der Waals surface area (Å²) in [5.74, 6) is -0.0600. The van der Waals surface area contributed by atoms with E-state index in [1.165, 1.54) is 0 Å². The second-order valence-corrected chi connectivity index (χ2v) is 4.10. The van der Waals surface area contributed by atoms with Gasteiger partial charge in [-0.05, 0) is 12.7 Å². The molecule has 0 amide bonds. The Morgan fingerprint density at radius 2 is 1.88 bits per heavy atom. The lowest BCUT2D eigenvalue weighted by Gasteiger charge is -2.10. The standard InChI is InChI=1S/C12H18BNO3/c14-11(8-4-5-9-13(16)17)12(15)10-6-2-1-3-7-10/h1-3,6-7,11,16-17H,4-5,8-9,14H2. The van der Waals surface area contributed by atoms with Gasteiger partial charge in [0.1, 0.15) is 0 Å². The van der Waals surface area contributed by atoms with Crippen molar-refractivity contribution in [1.29, 1.82) is 0 Å². The van der Waals surface area contributed by atoms with Crippen molar-refractivity contribution in [1.82, 2.24) is 0 Å². The van der Waals surface area contributed by atoms with Crippen LogP contribution < -0.4 is 5.73 Å². The molecule has 0 aliphatic carbocycles. The maximum Gasteiger partial charge on any atom is 0.451 e. The molecule has 5 heteroatoms. The van der Waals surface area contributed by atoms with Crippen LogP contribution in [0.4, 0.5) is 0 Å². The highest BCUT2D eigenvalue weighted by molar-refractivity contribution is 6.40. The molecule has 0 saturated carbocycles. The van der Waals surface area contributed by atoms with Gasteiger partial charge in [-0.2, -0.15) is 0 Å². The molecule has 0 aliphatic rings. The fourth-order valence-electron chi connectivity index (χ4n) is 1.64. The van der Waals surface area contributed by atoms with Crippen molar-refractivity contribution in [3.8, 4) is 0 Å². The Balaban J connectivity index is 2.33. The van der Waals surface area contributed by atoms with E-state index < -0.39 is 13.2 Å². The van der Waals surface area contributed by atoms with Crippen LogP contribution in [0, 0.1) is 0 Å². The zero-order valence-corrected chi connectivity index (χ0v) is 9.75. The van der Waals surface area contributed by atoms with Gasteiger partial charge in [0.2, 0.25) is 0 Å². The van der Waals surface area contributed by atoms with Crippen LogP contribution in [0.3, 0.4) is 0 Å². The lowest BCUT2D eigenvalue weighted by molar-refractivity contribution is 0.0956. The monoisotopic (exact) mass is 235 g/mol. The molecule has 0 heterocycles. The summed E-state index contributed by atoms with van der Waals surface area (Å²) in [5.41, 5.74) is 6.42. The molecule has 1 unspecified atom stereocenters. The van der Waals surface area contributed by atoms with E-state index in [1.807, 2.05) is 18.2 Å². The van der Waals surface area contributed by atoms with E-state index in [1.54, 1.807) is 12.1 Å². The van der Waals surface area contributed by atoms with Crippen LogP contribution in [-0.4, -0.2) is 29.0 Å². The van der Waals surface area contributed by atoms with Gasteiger partial charge in [-0.15, -0.1) is 0 Å². The molecular weight excluding hydrogens is 217 g/mol. The van der Waals surface area contributed by atoms with E-state index in [-0.39, 0.29) is 5.78 Å². The molecule has 4 N–H and O–H groups in total. The van der Waals surface area contributed by atoms with E-state index in [4.69, 9.17) is 15.8 Å². The third-order valence-electron chi connectivity index (χ3n) is 2.62. The largest absolute Gasteiger partial charge is 0.451 e. The van der Waals surface area contributed by atoms with Crippen molar-refractivity contribution in [2.45, 2.75) is 31.6 Å². The fourth-order valence-corrected chi connectivity index (χ4v) is 1.64. The zero-order valence-electron chi connectivity index (χ0n) is 9.75. The predicted molar refractivity (Wildman–Crippen MR) is 67.6 cm³/mol. The third-order valence-corrected chi connectivity index (χ3v) is 2.62. The number of ketones is 1. The first-order valence-corrected chi connectivity index (χ1v) is 5.82. The van der Waals surface area contributed by atoms with E-state index in [0.717, 1.165) is 6.42 Å². The van der Waals surface area contributed by atoms with Gasteiger partial charge < -0.3 is 15.8 Å². The van der Waals surface area contributed by atoms with Gasteiger partial charge in [0, 0.05) is 5.56 Å². The average Bonchev–Trinajstić information content (AvgIpc) is 2.34. The van der Waals surface area contributed by atoms with Crippen molar-refractivity contribution in [2.24, 2.45) is 5.73 Å². The summed E-state index contributed by atoms with van der Waals surface area (Å²) in [6.07, 6.45) is 2.28. The van der Waals surface area contributed by atoms with Gasteiger partial charge in [0.05, 0.1) is 6.04 Å². The number of nitrogens with two attached hydrogens (primary N) is 1. The summed E-state index contributed by atoms with van der Waals surface area (Å²) in [7, 11) is -1.27. The van der Waals surface area contributed by atoms with Crippen LogP contribution >= 0.6 is 0 Å². The Morgan fingerprint density at radius 3 is 2.47 bits per heavy atom. The third kappa shape index (κ3) is 5.13. The maximum atomic E-state index is 11.8. The molecule has 17 heavy (non-hydrogen) atoms. The summed E-state index contributed by atoms with van der Waals surface area (Å²) in [6, 6.07) is 8.46. The number of carbonyl (C=O) groups excluding carboxylic acids is 1. The van der Waals surface area contributed by atoms with E-state index in [9.17, 15) is 4.79 Å². The minimum atomic E-state index is -1.27. The zero-order chi connectivity index (χ0) is 12.7. The quantitative estimate of drug-likeness (QED) is 0.371. The van der Waals surface area contributed by atoms with Crippen LogP contribution in [0.15, 0.2) is 30.3 Å². The van der Waals surface area contributed by atoms with E-state index in [2.05, 4.69) is 0 Å². The van der Waals surface area contributed by atoms with Crippen molar-refractivity contribution in [2.75, 3.05) is 0 Å². The molecule has 0 aliphatic heterocycles. The summed E-state index contributed by atoms with van der Waals surface area (Å²) in [4.78, 5) is 11.8. The average molecular weight is 235 g/mol. The Kier molecular flexibility index (Phi) is 5.90. The number of hydrogen-bond donors (Lipinski definition) is 3. The first-order chi connectivity index (χ1) is 8.11. The van der Waals surface area contributed by atoms with Gasteiger partial charge in [-0.3, -0.25) is 4.79 Å². The number of rotatable bonds is 7. The smallest absolute Gasteiger partial charge is 0.427 e. The molecule has 92 valence electrons. The van der Waals surface area contributed by atoms with Crippen LogP contribution in [0.1, 0.15) is 29.6 Å². The van der Waals surface area contributed by atoms with Crippen molar-refractivity contribution >= 4 is 12.9 Å². The van der Waals surface area contributed by atoms with Crippen LogP contribution in [-0.2, 0) is 0 Å². The minimum Gasteiger partial charge on any atom is -0.427 e. The van der Waals surface area contributed by atoms with Gasteiger partial charge in [0.25, 0.3) is 0 Å². The Bertz CT molecular complexity index is 343. The topological polar surface area (TPSA) is 83.6 Å². The van der Waals surface area contributed by atoms with Crippen LogP contribution in [0.25, 0.3) is 0 Å². The number of carbonyl (C=O) groups is 1. The van der Waals surface area contributed by atoms with Gasteiger partial charge in [-0.1, -0.05) is 43.2 Å². The van der Waals surface area contributed by atoms with E-state index in [0.29, 0.717) is 24.7 Å². The molecular formula is C12H18BNO3. The fraction of sp³-hybridized carbons (Fsp3) is 0.417. The second-order valence-electron chi connectivity index (χ2n) is 4.10. The second kappa shape index (κ2) is 7.22. The number of benzene rings is 1. The van der Waals surface area contributed by atoms with Crippen molar-refractivity contribution in [3.63, 3.8) is 0 Å². The molecule has 0 fully saturated rings. The Morgan fingerprint density at radius 1 is 1.24 bits per heavy atom. The molecule has 1 aromatic rings. The molecule has 1 rings (SSSR count). The Labute approximate surface area is 102 Å². The van der Waals surface area contributed by atoms with Crippen molar-refractivity contribution < 1.29 is 14.8 Å². The molecule has 1 atom stereocenters. The van der Waals surface area contributed by atoms with Crippen LogP contribution in [0.5, 0.6) is 0 Å². The molecule has 0 radical (unpaired) electrons. The highest BCUT2D eigenvalue weighted by Gasteiger charge is 2.15. The van der Waals surface area contributed by atoms with Gasteiger partial charge >= 0.3 is 7.12 Å². The SMILES string of the molecule is NC(CCCCB(O)O)C(=O)c1ccccc1. The van der Waals surface area contributed by atoms with Crippen molar-refractivity contribution in [3.05, 3.63) is 35.9 Å². The molecule has 0 saturated heterocycles. The number of unbranched alkanes of at least 4 members (excludes halogenated alkanes) is 1. The highest BCUT2D eigenvalue weighted by Crippen LogP contribution is 2.09. The number of Topliss-reactive ketones (excluding diaryl/α,β-unsaturated/α-hetero) is 1. The van der Waals surface area contributed by atoms with E-state index >= 15 is 0 Å². The van der Waals surface area contributed by atoms with Gasteiger partial charge in [0.15, 0.2) is 5.78 Å². The molecule has 0 bridgehead atoms. The summed E-state index contributed by atoms with van der Waals surface area (Å²) >= 11 is 0. The molecule has 0 spiro atoms. The first kappa shape index (κ1) is 13.9. The predicted octanol–water partition coefficient (Wildman–Crippen LogP) is 0.840. The Hall–Kier alpha value is -1.17.